The molecule has 0 aliphatic carbocycles. The van der Waals surface area contributed by atoms with Crippen LogP contribution in [0.25, 0.3) is 0 Å². The number of hydrogen-bond acceptors (Lipinski definition) is 6. The van der Waals surface area contributed by atoms with Gasteiger partial charge in [-0.15, -0.1) is 0 Å². The van der Waals surface area contributed by atoms with Crippen molar-refractivity contribution in [3.8, 4) is 0 Å². The second kappa shape index (κ2) is 6.87. The van der Waals surface area contributed by atoms with Gasteiger partial charge in [-0.1, -0.05) is 6.92 Å². The highest BCUT2D eigenvalue weighted by Gasteiger charge is 2.22. The van der Waals surface area contributed by atoms with Crippen LogP contribution in [-0.2, 0) is 4.79 Å². The Morgan fingerprint density at radius 2 is 2.33 bits per heavy atom. The molecule has 8 heteroatoms. The Hall–Kier alpha value is -2.38. The van der Waals surface area contributed by atoms with Gasteiger partial charge in [0.2, 0.25) is 11.7 Å². The molecule has 1 amide bonds. The molecule has 8 nitrogen and oxygen atoms in total. The topological polar surface area (TPSA) is 109 Å². The van der Waals surface area contributed by atoms with Gasteiger partial charge >= 0.3 is 5.69 Å². The van der Waals surface area contributed by atoms with E-state index in [1.807, 2.05) is 6.92 Å². The van der Waals surface area contributed by atoms with Crippen LogP contribution in [0, 0.1) is 10.1 Å². The number of nitrogens with zero attached hydrogens (tertiary/aromatic N) is 2. The van der Waals surface area contributed by atoms with Crippen molar-refractivity contribution in [3.63, 3.8) is 0 Å². The zero-order chi connectivity index (χ0) is 15.2. The quantitative estimate of drug-likeness (QED) is 0.541. The minimum Gasteiger partial charge on any atom is -0.370 e. The van der Waals surface area contributed by atoms with Crippen LogP contribution in [0.3, 0.4) is 0 Å². The zero-order valence-electron chi connectivity index (χ0n) is 11.9. The molecule has 114 valence electrons. The minimum absolute atomic E-state index is 0.00821. The number of carbonyl (C=O) groups excluding carboxylic acids is 1. The summed E-state index contributed by atoms with van der Waals surface area (Å²) >= 11 is 0. The van der Waals surface area contributed by atoms with Crippen LogP contribution in [0.1, 0.15) is 26.2 Å². The number of aromatic nitrogens is 1. The molecule has 2 heterocycles. The number of carbonyl (C=O) groups is 1. The Labute approximate surface area is 122 Å². The van der Waals surface area contributed by atoms with E-state index in [1.165, 1.54) is 6.07 Å². The molecule has 0 radical (unpaired) electrons. The normalized spacial score (nSPS) is 18.0. The fourth-order valence-electron chi connectivity index (χ4n) is 2.11. The van der Waals surface area contributed by atoms with E-state index in [0.29, 0.717) is 25.2 Å². The van der Waals surface area contributed by atoms with Crippen molar-refractivity contribution in [2.24, 2.45) is 0 Å². The maximum Gasteiger partial charge on any atom is 0.311 e. The van der Waals surface area contributed by atoms with Crippen molar-refractivity contribution in [3.05, 3.63) is 22.2 Å². The molecule has 1 saturated heterocycles. The van der Waals surface area contributed by atoms with Gasteiger partial charge in [-0.2, -0.15) is 0 Å². The van der Waals surface area contributed by atoms with Gasteiger partial charge in [-0.25, -0.2) is 4.98 Å². The van der Waals surface area contributed by atoms with Crippen LogP contribution >= 0.6 is 0 Å². The molecule has 0 bridgehead atoms. The van der Waals surface area contributed by atoms with Crippen molar-refractivity contribution in [2.75, 3.05) is 23.7 Å². The molecule has 3 N–H and O–H groups in total. The summed E-state index contributed by atoms with van der Waals surface area (Å²) < 4.78 is 0. The number of hydrogen-bond donors (Lipinski definition) is 3. The second-order valence-corrected chi connectivity index (χ2v) is 4.93. The highest BCUT2D eigenvalue weighted by Crippen LogP contribution is 2.25. The SMILES string of the molecule is CCCNc1ccc([N+](=O)[O-])c(NC2CCC(=O)NC2)n1. The van der Waals surface area contributed by atoms with Crippen LogP contribution < -0.4 is 16.0 Å². The fraction of sp³-hybridized carbons (Fsp3) is 0.538. The van der Waals surface area contributed by atoms with E-state index in [0.717, 1.165) is 13.0 Å². The summed E-state index contributed by atoms with van der Waals surface area (Å²) in [6.07, 6.45) is 1.99. The fourth-order valence-corrected chi connectivity index (χ4v) is 2.11. The average Bonchev–Trinajstić information content (AvgIpc) is 2.47. The number of nitro groups is 1. The van der Waals surface area contributed by atoms with E-state index in [1.54, 1.807) is 6.07 Å². The molecule has 0 aromatic carbocycles. The molecular weight excluding hydrogens is 274 g/mol. The Bertz CT molecular complexity index is 525. The van der Waals surface area contributed by atoms with E-state index >= 15 is 0 Å². The number of nitrogens with one attached hydrogen (secondary N) is 3. The van der Waals surface area contributed by atoms with Crippen molar-refractivity contribution >= 4 is 23.2 Å². The molecule has 1 unspecified atom stereocenters. The third-order valence-electron chi connectivity index (χ3n) is 3.23. The molecule has 2 rings (SSSR count). The van der Waals surface area contributed by atoms with Crippen molar-refractivity contribution in [1.82, 2.24) is 10.3 Å². The smallest absolute Gasteiger partial charge is 0.311 e. The summed E-state index contributed by atoms with van der Waals surface area (Å²) in [5, 5.41) is 20.0. The lowest BCUT2D eigenvalue weighted by molar-refractivity contribution is -0.384. The lowest BCUT2D eigenvalue weighted by atomic mass is 10.1. The summed E-state index contributed by atoms with van der Waals surface area (Å²) in [5.74, 6) is 0.848. The largest absolute Gasteiger partial charge is 0.370 e. The third-order valence-corrected chi connectivity index (χ3v) is 3.23. The first-order chi connectivity index (χ1) is 10.1. The van der Waals surface area contributed by atoms with Crippen LogP contribution in [0.2, 0.25) is 0 Å². The van der Waals surface area contributed by atoms with Crippen LogP contribution in [0.4, 0.5) is 17.3 Å². The van der Waals surface area contributed by atoms with Crippen molar-refractivity contribution in [1.29, 1.82) is 0 Å². The molecule has 1 aromatic heterocycles. The Morgan fingerprint density at radius 1 is 1.52 bits per heavy atom. The summed E-state index contributed by atoms with van der Waals surface area (Å²) in [6, 6.07) is 2.99. The zero-order valence-corrected chi connectivity index (χ0v) is 11.9. The summed E-state index contributed by atoms with van der Waals surface area (Å²) in [4.78, 5) is 26.0. The molecular formula is C13H19N5O3. The van der Waals surface area contributed by atoms with E-state index in [4.69, 9.17) is 0 Å². The second-order valence-electron chi connectivity index (χ2n) is 4.93. The minimum atomic E-state index is -0.458. The summed E-state index contributed by atoms with van der Waals surface area (Å²) in [6.45, 7) is 3.23. The number of piperidine rings is 1. The molecule has 1 aliphatic heterocycles. The monoisotopic (exact) mass is 293 g/mol. The molecule has 0 saturated carbocycles. The van der Waals surface area contributed by atoms with Crippen LogP contribution in [0.5, 0.6) is 0 Å². The average molecular weight is 293 g/mol. The molecule has 1 atom stereocenters. The van der Waals surface area contributed by atoms with Crippen LogP contribution in [0.15, 0.2) is 12.1 Å². The first kappa shape index (κ1) is 15.0. The number of pyridine rings is 1. The lowest BCUT2D eigenvalue weighted by Gasteiger charge is -2.23. The molecule has 21 heavy (non-hydrogen) atoms. The standard InChI is InChI=1S/C13H19N5O3/c1-2-7-14-11-5-4-10(18(20)21)13(17-11)16-9-3-6-12(19)15-8-9/h4-5,9H,2-3,6-8H2,1H3,(H,15,19)(H2,14,16,17). The van der Waals surface area contributed by atoms with Gasteiger partial charge in [0.25, 0.3) is 0 Å². The predicted molar refractivity (Wildman–Crippen MR) is 79.3 cm³/mol. The Morgan fingerprint density at radius 3 is 2.95 bits per heavy atom. The number of amides is 1. The molecule has 1 fully saturated rings. The maximum absolute atomic E-state index is 11.1. The van der Waals surface area contributed by atoms with E-state index in [2.05, 4.69) is 20.9 Å². The van der Waals surface area contributed by atoms with Gasteiger partial charge in [0.05, 0.1) is 4.92 Å². The highest BCUT2D eigenvalue weighted by atomic mass is 16.6. The first-order valence-electron chi connectivity index (χ1n) is 7.02. The van der Waals surface area contributed by atoms with Gasteiger partial charge < -0.3 is 16.0 Å². The first-order valence-corrected chi connectivity index (χ1v) is 7.02. The van der Waals surface area contributed by atoms with E-state index < -0.39 is 4.92 Å². The number of rotatable bonds is 6. The summed E-state index contributed by atoms with van der Waals surface area (Å²) in [5.41, 5.74) is -0.0612. The highest BCUT2D eigenvalue weighted by molar-refractivity contribution is 5.77. The summed E-state index contributed by atoms with van der Waals surface area (Å²) in [7, 11) is 0. The number of anilines is 2. The molecule has 1 aliphatic rings. The maximum atomic E-state index is 11.1. The third kappa shape index (κ3) is 4.04. The van der Waals surface area contributed by atoms with Gasteiger partial charge in [-0.3, -0.25) is 14.9 Å². The van der Waals surface area contributed by atoms with Gasteiger partial charge in [-0.05, 0) is 18.9 Å². The Kier molecular flexibility index (Phi) is 4.91. The van der Waals surface area contributed by atoms with E-state index in [9.17, 15) is 14.9 Å². The van der Waals surface area contributed by atoms with Crippen molar-refractivity contribution < 1.29 is 9.72 Å². The molecule has 1 aromatic rings. The Balaban J connectivity index is 2.13. The lowest BCUT2D eigenvalue weighted by Crippen LogP contribution is -2.42. The van der Waals surface area contributed by atoms with Gasteiger partial charge in [0.15, 0.2) is 0 Å². The predicted octanol–water partition coefficient (Wildman–Crippen LogP) is 1.50. The van der Waals surface area contributed by atoms with Gasteiger partial charge in [0.1, 0.15) is 5.82 Å². The van der Waals surface area contributed by atoms with E-state index in [-0.39, 0.29) is 23.5 Å². The van der Waals surface area contributed by atoms with Gasteiger partial charge in [0, 0.05) is 31.6 Å². The van der Waals surface area contributed by atoms with Crippen molar-refractivity contribution in [2.45, 2.75) is 32.2 Å². The van der Waals surface area contributed by atoms with Crippen LogP contribution in [-0.4, -0.2) is 34.9 Å². The molecule has 0 spiro atoms.